The summed E-state index contributed by atoms with van der Waals surface area (Å²) in [5.74, 6) is 0.288. The Balaban J connectivity index is 2.06. The van der Waals surface area contributed by atoms with Gasteiger partial charge in [0.15, 0.2) is 15.7 Å². The standard InChI is InChI=1S/C23H28N6O5S2/c1-3-35(30,31)14-13-25-23-21(29-28-19-11-7-8-12-20(19)36(32,33)34)16(2)18(15-24)22(27-23)26-17-9-5-4-6-10-17/h3,7-8,11-12,17H,1,4-6,9-10,13-14H2,2H3,(H2,25,26,27)(H,32,33,34)/b29-28+. The SMILES string of the molecule is C=CS(=O)(=O)CCNc1nc(NC2CCCCC2)c(C#N)c(C)c1/N=N/c1ccccc1S(=O)(=O)O. The van der Waals surface area contributed by atoms with Crippen LogP contribution in [0.2, 0.25) is 0 Å². The number of nitriles is 1. The summed E-state index contributed by atoms with van der Waals surface area (Å²) in [6.07, 6.45) is 5.19. The third-order valence-electron chi connectivity index (χ3n) is 5.81. The first-order chi connectivity index (χ1) is 17.1. The Morgan fingerprint density at radius 2 is 1.86 bits per heavy atom. The van der Waals surface area contributed by atoms with E-state index in [4.69, 9.17) is 0 Å². The molecule has 0 bridgehead atoms. The van der Waals surface area contributed by atoms with Gasteiger partial charge in [-0.1, -0.05) is 38.0 Å². The second-order valence-corrected chi connectivity index (χ2v) is 11.8. The van der Waals surface area contributed by atoms with E-state index in [1.54, 1.807) is 6.92 Å². The summed E-state index contributed by atoms with van der Waals surface area (Å²) >= 11 is 0. The molecule has 0 atom stereocenters. The van der Waals surface area contributed by atoms with E-state index in [1.165, 1.54) is 24.3 Å². The second kappa shape index (κ2) is 11.6. The molecule has 2 aromatic rings. The highest BCUT2D eigenvalue weighted by atomic mass is 32.2. The van der Waals surface area contributed by atoms with Crippen molar-refractivity contribution in [2.24, 2.45) is 10.2 Å². The van der Waals surface area contributed by atoms with Crippen molar-refractivity contribution in [3.8, 4) is 6.07 Å². The van der Waals surface area contributed by atoms with Crippen molar-refractivity contribution in [1.29, 1.82) is 5.26 Å². The number of benzene rings is 1. The van der Waals surface area contributed by atoms with Crippen molar-refractivity contribution in [1.82, 2.24) is 4.98 Å². The number of hydrogen-bond donors (Lipinski definition) is 3. The summed E-state index contributed by atoms with van der Waals surface area (Å²) in [5, 5.41) is 25.2. The van der Waals surface area contributed by atoms with Crippen molar-refractivity contribution in [3.05, 3.63) is 47.4 Å². The van der Waals surface area contributed by atoms with Gasteiger partial charge in [-0.05, 0) is 31.9 Å². The molecule has 1 aliphatic carbocycles. The molecule has 3 N–H and O–H groups in total. The first-order valence-electron chi connectivity index (χ1n) is 11.3. The van der Waals surface area contributed by atoms with Gasteiger partial charge in [0.25, 0.3) is 10.1 Å². The van der Waals surface area contributed by atoms with Gasteiger partial charge in [0.05, 0.1) is 11.3 Å². The monoisotopic (exact) mass is 532 g/mol. The van der Waals surface area contributed by atoms with E-state index < -0.39 is 24.9 Å². The van der Waals surface area contributed by atoms with Crippen LogP contribution in [0.4, 0.5) is 23.0 Å². The minimum absolute atomic E-state index is 0.0142. The topological polar surface area (TPSA) is 174 Å². The Kier molecular flexibility index (Phi) is 8.78. The molecule has 0 saturated heterocycles. The van der Waals surface area contributed by atoms with E-state index >= 15 is 0 Å². The number of nitrogens with zero attached hydrogens (tertiary/aromatic N) is 4. The molecular formula is C23H28N6O5S2. The lowest BCUT2D eigenvalue weighted by Gasteiger charge is -2.25. The molecule has 1 aliphatic rings. The summed E-state index contributed by atoms with van der Waals surface area (Å²) in [7, 11) is -8.03. The lowest BCUT2D eigenvalue weighted by atomic mass is 9.95. The minimum atomic E-state index is -4.55. The highest BCUT2D eigenvalue weighted by molar-refractivity contribution is 7.94. The molecule has 1 aromatic heterocycles. The molecule has 11 nitrogen and oxygen atoms in total. The molecule has 0 spiro atoms. The molecular weight excluding hydrogens is 504 g/mol. The molecule has 36 heavy (non-hydrogen) atoms. The number of rotatable bonds is 10. The zero-order valence-corrected chi connectivity index (χ0v) is 21.4. The zero-order valence-electron chi connectivity index (χ0n) is 19.8. The van der Waals surface area contributed by atoms with Crippen LogP contribution in [-0.4, -0.2) is 44.7 Å². The number of aromatic nitrogens is 1. The van der Waals surface area contributed by atoms with Crippen LogP contribution in [0.15, 0.2) is 51.4 Å². The van der Waals surface area contributed by atoms with Gasteiger partial charge >= 0.3 is 0 Å². The van der Waals surface area contributed by atoms with Crippen LogP contribution in [-0.2, 0) is 20.0 Å². The summed E-state index contributed by atoms with van der Waals surface area (Å²) in [4.78, 5) is 4.11. The normalized spacial score (nSPS) is 14.9. The van der Waals surface area contributed by atoms with Crippen LogP contribution in [0.25, 0.3) is 0 Å². The average Bonchev–Trinajstić information content (AvgIpc) is 2.84. The maximum absolute atomic E-state index is 11.9. The lowest BCUT2D eigenvalue weighted by molar-refractivity contribution is 0.462. The first kappa shape index (κ1) is 27.3. The fraction of sp³-hybridized carbons (Fsp3) is 0.391. The first-order valence-corrected chi connectivity index (χ1v) is 14.5. The van der Waals surface area contributed by atoms with Crippen LogP contribution in [0.1, 0.15) is 43.2 Å². The molecule has 1 fully saturated rings. The van der Waals surface area contributed by atoms with Crippen molar-refractivity contribution in [3.63, 3.8) is 0 Å². The molecule has 192 valence electrons. The molecule has 1 heterocycles. The Morgan fingerprint density at radius 1 is 1.17 bits per heavy atom. The van der Waals surface area contributed by atoms with E-state index in [1.807, 2.05) is 0 Å². The summed E-state index contributed by atoms with van der Waals surface area (Å²) in [5.41, 5.74) is 0.708. The maximum atomic E-state index is 11.9. The fourth-order valence-corrected chi connectivity index (χ4v) is 5.06. The van der Waals surface area contributed by atoms with E-state index in [0.717, 1.165) is 37.5 Å². The lowest BCUT2D eigenvalue weighted by Crippen LogP contribution is -2.24. The van der Waals surface area contributed by atoms with Gasteiger partial charge in [0.1, 0.15) is 28.2 Å². The highest BCUT2D eigenvalue weighted by Crippen LogP contribution is 2.36. The summed E-state index contributed by atoms with van der Waals surface area (Å²) in [6, 6.07) is 7.81. The molecule has 0 unspecified atom stereocenters. The average molecular weight is 533 g/mol. The molecule has 0 aliphatic heterocycles. The Bertz CT molecular complexity index is 1410. The van der Waals surface area contributed by atoms with Crippen LogP contribution < -0.4 is 10.6 Å². The van der Waals surface area contributed by atoms with Gasteiger partial charge in [-0.3, -0.25) is 4.55 Å². The molecule has 13 heteroatoms. The number of azo groups is 1. The molecule has 0 amide bonds. The van der Waals surface area contributed by atoms with Gasteiger partial charge in [-0.2, -0.15) is 13.7 Å². The van der Waals surface area contributed by atoms with Crippen LogP contribution >= 0.6 is 0 Å². The summed E-state index contributed by atoms with van der Waals surface area (Å²) in [6.45, 7) is 4.94. The van der Waals surface area contributed by atoms with E-state index in [9.17, 15) is 26.7 Å². The number of nitrogens with one attached hydrogen (secondary N) is 2. The van der Waals surface area contributed by atoms with Crippen molar-refractivity contribution in [2.75, 3.05) is 22.9 Å². The van der Waals surface area contributed by atoms with Crippen molar-refractivity contribution >= 4 is 43.0 Å². The largest absolute Gasteiger partial charge is 0.367 e. The third kappa shape index (κ3) is 6.87. The molecule has 1 aromatic carbocycles. The van der Waals surface area contributed by atoms with E-state index in [2.05, 4.69) is 38.5 Å². The predicted octanol–water partition coefficient (Wildman–Crippen LogP) is 4.64. The van der Waals surface area contributed by atoms with Crippen molar-refractivity contribution in [2.45, 2.75) is 50.0 Å². The Labute approximate surface area is 211 Å². The molecule has 3 rings (SSSR count). The van der Waals surface area contributed by atoms with Gasteiger partial charge in [0, 0.05) is 23.6 Å². The van der Waals surface area contributed by atoms with Gasteiger partial charge in [-0.15, -0.1) is 10.2 Å². The summed E-state index contributed by atoms with van der Waals surface area (Å²) < 4.78 is 56.6. The van der Waals surface area contributed by atoms with Gasteiger partial charge in [-0.25, -0.2) is 13.4 Å². The van der Waals surface area contributed by atoms with E-state index in [0.29, 0.717) is 11.4 Å². The van der Waals surface area contributed by atoms with Crippen LogP contribution in [0.3, 0.4) is 0 Å². The number of pyridine rings is 1. The molecule has 0 radical (unpaired) electrons. The minimum Gasteiger partial charge on any atom is -0.367 e. The zero-order chi connectivity index (χ0) is 26.3. The molecule has 1 saturated carbocycles. The number of sulfone groups is 1. The quantitative estimate of drug-likeness (QED) is 0.291. The smallest absolute Gasteiger partial charge is 0.296 e. The fourth-order valence-electron chi connectivity index (χ4n) is 3.88. The second-order valence-electron chi connectivity index (χ2n) is 8.35. The van der Waals surface area contributed by atoms with Gasteiger partial charge < -0.3 is 10.6 Å². The highest BCUT2D eigenvalue weighted by Gasteiger charge is 2.22. The maximum Gasteiger partial charge on any atom is 0.296 e. The Morgan fingerprint density at radius 3 is 2.50 bits per heavy atom. The Hall–Kier alpha value is -3.34. The number of hydrogen-bond acceptors (Lipinski definition) is 10. The predicted molar refractivity (Wildman–Crippen MR) is 137 cm³/mol. The van der Waals surface area contributed by atoms with Crippen LogP contribution in [0, 0.1) is 18.3 Å². The third-order valence-corrected chi connectivity index (χ3v) is 7.99. The number of anilines is 2. The van der Waals surface area contributed by atoms with Crippen molar-refractivity contribution < 1.29 is 21.4 Å². The van der Waals surface area contributed by atoms with Crippen LogP contribution in [0.5, 0.6) is 0 Å². The van der Waals surface area contributed by atoms with E-state index in [-0.39, 0.29) is 41.1 Å². The van der Waals surface area contributed by atoms with Gasteiger partial charge in [0.2, 0.25) is 0 Å².